The highest BCUT2D eigenvalue weighted by Gasteiger charge is 2.33. The summed E-state index contributed by atoms with van der Waals surface area (Å²) in [6, 6.07) is 11.5. The van der Waals surface area contributed by atoms with Crippen molar-refractivity contribution in [3.8, 4) is 6.07 Å². The Labute approximate surface area is 152 Å². The van der Waals surface area contributed by atoms with Crippen LogP contribution in [0.2, 0.25) is 0 Å². The fraction of sp³-hybridized carbons (Fsp3) is 0.294. The second-order valence-electron chi connectivity index (χ2n) is 5.22. The number of halogens is 3. The van der Waals surface area contributed by atoms with Gasteiger partial charge in [0.25, 0.3) is 0 Å². The minimum Gasteiger partial charge on any atom is -0.310 e. The summed E-state index contributed by atoms with van der Waals surface area (Å²) in [5, 5.41) is 7.95. The SMILES string of the molecule is CC(Sc1nccc(C(F)(F)F)n1)C(=O)N(CCC#N)c1ccccc1. The van der Waals surface area contributed by atoms with Gasteiger partial charge in [-0.15, -0.1) is 0 Å². The van der Waals surface area contributed by atoms with Crippen molar-refractivity contribution < 1.29 is 18.0 Å². The number of thioether (sulfide) groups is 1. The number of nitriles is 1. The van der Waals surface area contributed by atoms with E-state index in [2.05, 4.69) is 9.97 Å². The summed E-state index contributed by atoms with van der Waals surface area (Å²) in [5.41, 5.74) is -0.441. The Morgan fingerprint density at radius 3 is 2.62 bits per heavy atom. The van der Waals surface area contributed by atoms with Gasteiger partial charge in [0.05, 0.1) is 17.7 Å². The van der Waals surface area contributed by atoms with Crippen LogP contribution in [0.25, 0.3) is 0 Å². The molecule has 1 heterocycles. The van der Waals surface area contributed by atoms with Crippen molar-refractivity contribution in [3.63, 3.8) is 0 Å². The maximum absolute atomic E-state index is 12.8. The van der Waals surface area contributed by atoms with Crippen LogP contribution in [0.5, 0.6) is 0 Å². The number of amides is 1. The average Bonchev–Trinajstić information content (AvgIpc) is 2.62. The first-order valence-corrected chi connectivity index (χ1v) is 8.51. The maximum atomic E-state index is 12.8. The Kier molecular flexibility index (Phi) is 6.58. The molecule has 5 nitrogen and oxygen atoms in total. The van der Waals surface area contributed by atoms with E-state index in [1.807, 2.05) is 6.07 Å². The molecule has 9 heteroatoms. The molecule has 0 spiro atoms. The van der Waals surface area contributed by atoms with Crippen molar-refractivity contribution in [2.75, 3.05) is 11.4 Å². The van der Waals surface area contributed by atoms with Crippen LogP contribution in [-0.4, -0.2) is 27.7 Å². The standard InChI is InChI=1S/C17H15F3N4OS/c1-12(26-16-22-10-8-14(23-16)17(18,19)20)15(25)24(11-5-9-21)13-6-3-2-4-7-13/h2-4,6-8,10,12H,5,11H2,1H3. The molecule has 2 rings (SSSR count). The number of anilines is 1. The van der Waals surface area contributed by atoms with Crippen LogP contribution < -0.4 is 4.90 Å². The molecule has 136 valence electrons. The number of rotatable bonds is 6. The second-order valence-corrected chi connectivity index (χ2v) is 6.52. The van der Waals surface area contributed by atoms with Gasteiger partial charge in [-0.2, -0.15) is 18.4 Å². The number of carbonyl (C=O) groups excluding carboxylic acids is 1. The number of hydrogen-bond acceptors (Lipinski definition) is 5. The molecule has 0 bridgehead atoms. The van der Waals surface area contributed by atoms with Gasteiger partial charge in [0.2, 0.25) is 5.91 Å². The van der Waals surface area contributed by atoms with Crippen molar-refractivity contribution in [3.05, 3.63) is 48.3 Å². The second kappa shape index (κ2) is 8.67. The normalized spacial score (nSPS) is 12.3. The number of alkyl halides is 3. The molecule has 26 heavy (non-hydrogen) atoms. The van der Waals surface area contributed by atoms with Gasteiger partial charge < -0.3 is 4.90 Å². The first kappa shape index (κ1) is 19.7. The van der Waals surface area contributed by atoms with Crippen LogP contribution in [0.3, 0.4) is 0 Å². The zero-order chi connectivity index (χ0) is 19.2. The van der Waals surface area contributed by atoms with E-state index < -0.39 is 17.1 Å². The van der Waals surface area contributed by atoms with Gasteiger partial charge in [0.1, 0.15) is 5.69 Å². The molecular formula is C17H15F3N4OS. The first-order valence-electron chi connectivity index (χ1n) is 7.63. The Balaban J connectivity index is 2.17. The largest absolute Gasteiger partial charge is 0.433 e. The van der Waals surface area contributed by atoms with Gasteiger partial charge in [-0.3, -0.25) is 4.79 Å². The molecular weight excluding hydrogens is 365 g/mol. The van der Waals surface area contributed by atoms with E-state index in [1.54, 1.807) is 37.3 Å². The van der Waals surface area contributed by atoms with E-state index in [9.17, 15) is 18.0 Å². The van der Waals surface area contributed by atoms with Crippen molar-refractivity contribution >= 4 is 23.4 Å². The summed E-state index contributed by atoms with van der Waals surface area (Å²) in [6.45, 7) is 1.76. The van der Waals surface area contributed by atoms with E-state index in [0.717, 1.165) is 24.0 Å². The number of benzene rings is 1. The Morgan fingerprint density at radius 2 is 2.00 bits per heavy atom. The monoisotopic (exact) mass is 380 g/mol. The minimum absolute atomic E-state index is 0.131. The average molecular weight is 380 g/mol. The van der Waals surface area contributed by atoms with Gasteiger partial charge in [-0.05, 0) is 25.1 Å². The molecule has 0 radical (unpaired) electrons. The molecule has 2 aromatic rings. The van der Waals surface area contributed by atoms with E-state index in [1.165, 1.54) is 4.90 Å². The third kappa shape index (κ3) is 5.20. The first-order chi connectivity index (χ1) is 12.3. The molecule has 0 N–H and O–H groups in total. The molecule has 0 saturated carbocycles. The Morgan fingerprint density at radius 1 is 1.31 bits per heavy atom. The van der Waals surface area contributed by atoms with Crippen LogP contribution in [0, 0.1) is 11.3 Å². The van der Waals surface area contributed by atoms with Crippen LogP contribution in [0.4, 0.5) is 18.9 Å². The summed E-state index contributed by atoms with van der Waals surface area (Å²) in [6.07, 6.45) is -3.42. The van der Waals surface area contributed by atoms with Crippen LogP contribution in [0.1, 0.15) is 19.0 Å². The van der Waals surface area contributed by atoms with Crippen molar-refractivity contribution in [2.45, 2.75) is 29.9 Å². The fourth-order valence-corrected chi connectivity index (χ4v) is 2.94. The summed E-state index contributed by atoms with van der Waals surface area (Å²) in [5.74, 6) is -0.336. The molecule has 0 aliphatic carbocycles. The zero-order valence-corrected chi connectivity index (χ0v) is 14.6. The number of para-hydroxylation sites is 1. The minimum atomic E-state index is -4.58. The third-order valence-corrected chi connectivity index (χ3v) is 4.30. The van der Waals surface area contributed by atoms with Crippen molar-refractivity contribution in [1.82, 2.24) is 9.97 Å². The topological polar surface area (TPSA) is 69.9 Å². The summed E-state index contributed by atoms with van der Waals surface area (Å²) >= 11 is 0.842. The molecule has 1 aromatic carbocycles. The number of nitrogens with zero attached hydrogens (tertiary/aromatic N) is 4. The Hall–Kier alpha value is -2.60. The molecule has 0 aliphatic heterocycles. The molecule has 0 saturated heterocycles. The Bertz CT molecular complexity index is 793. The lowest BCUT2D eigenvalue weighted by Crippen LogP contribution is -2.37. The van der Waals surface area contributed by atoms with Gasteiger partial charge in [0.15, 0.2) is 5.16 Å². The smallest absolute Gasteiger partial charge is 0.310 e. The molecule has 1 atom stereocenters. The predicted molar refractivity (Wildman–Crippen MR) is 91.4 cm³/mol. The zero-order valence-electron chi connectivity index (χ0n) is 13.8. The fourth-order valence-electron chi connectivity index (χ4n) is 2.12. The lowest BCUT2D eigenvalue weighted by molar-refractivity contribution is -0.141. The number of hydrogen-bond donors (Lipinski definition) is 0. The predicted octanol–water partition coefficient (Wildman–Crippen LogP) is 3.92. The molecule has 0 fully saturated rings. The lowest BCUT2D eigenvalue weighted by Gasteiger charge is -2.24. The summed E-state index contributed by atoms with van der Waals surface area (Å²) < 4.78 is 38.2. The van der Waals surface area contributed by atoms with E-state index in [-0.39, 0.29) is 24.0 Å². The van der Waals surface area contributed by atoms with E-state index >= 15 is 0 Å². The van der Waals surface area contributed by atoms with E-state index in [4.69, 9.17) is 5.26 Å². The van der Waals surface area contributed by atoms with Crippen LogP contribution >= 0.6 is 11.8 Å². The summed E-state index contributed by atoms with van der Waals surface area (Å²) in [7, 11) is 0. The van der Waals surface area contributed by atoms with Crippen LogP contribution in [-0.2, 0) is 11.0 Å². The quantitative estimate of drug-likeness (QED) is 0.561. The number of aromatic nitrogens is 2. The molecule has 1 amide bonds. The van der Waals surface area contributed by atoms with Crippen molar-refractivity contribution in [1.29, 1.82) is 5.26 Å². The number of carbonyl (C=O) groups is 1. The van der Waals surface area contributed by atoms with Crippen molar-refractivity contribution in [2.24, 2.45) is 0 Å². The highest BCUT2D eigenvalue weighted by atomic mass is 32.2. The van der Waals surface area contributed by atoms with Gasteiger partial charge in [0, 0.05) is 18.4 Å². The highest BCUT2D eigenvalue weighted by molar-refractivity contribution is 8.00. The molecule has 1 aromatic heterocycles. The van der Waals surface area contributed by atoms with Gasteiger partial charge in [-0.1, -0.05) is 30.0 Å². The highest BCUT2D eigenvalue weighted by Crippen LogP contribution is 2.30. The molecule has 1 unspecified atom stereocenters. The molecule has 0 aliphatic rings. The van der Waals surface area contributed by atoms with Gasteiger partial charge >= 0.3 is 6.18 Å². The van der Waals surface area contributed by atoms with Crippen LogP contribution in [0.15, 0.2) is 47.8 Å². The van der Waals surface area contributed by atoms with Gasteiger partial charge in [-0.25, -0.2) is 9.97 Å². The summed E-state index contributed by atoms with van der Waals surface area (Å²) in [4.78, 5) is 21.5. The maximum Gasteiger partial charge on any atom is 0.433 e. The van der Waals surface area contributed by atoms with E-state index in [0.29, 0.717) is 5.69 Å². The lowest BCUT2D eigenvalue weighted by atomic mass is 10.2. The third-order valence-electron chi connectivity index (χ3n) is 3.33.